The van der Waals surface area contributed by atoms with Crippen LogP contribution in [0, 0.1) is 0 Å². The number of hydrogen-bond acceptors (Lipinski definition) is 5. The van der Waals surface area contributed by atoms with Gasteiger partial charge in [0.2, 0.25) is 0 Å². The van der Waals surface area contributed by atoms with Crippen LogP contribution in [0.4, 0.5) is 0 Å². The van der Waals surface area contributed by atoms with Crippen molar-refractivity contribution in [2.45, 2.75) is 37.0 Å². The lowest BCUT2D eigenvalue weighted by atomic mass is 10.4. The molecule has 0 aliphatic heterocycles. The molecule has 0 bridgehead atoms. The Hall–Kier alpha value is -1.83. The smallest absolute Gasteiger partial charge is 0.313 e. The van der Waals surface area contributed by atoms with Crippen LogP contribution in [0.1, 0.15) is 24.6 Å². The number of hydrogen-bond donors (Lipinski definition) is 1. The number of imidazole rings is 1. The van der Waals surface area contributed by atoms with E-state index in [2.05, 4.69) is 15.2 Å². The molecule has 0 spiro atoms. The highest BCUT2D eigenvalue weighted by Crippen LogP contribution is 2.40. The molecule has 0 unspecified atom stereocenters. The van der Waals surface area contributed by atoms with Crippen LogP contribution in [0.5, 0.6) is 0 Å². The van der Waals surface area contributed by atoms with E-state index in [4.69, 9.17) is 5.11 Å². The standard InChI is InChI=1S/C12H15N5O2S/c18-10(19)7-20-12-15-14-11(9-1-2-9)17(12)6-5-16-4-3-13-8-16/h3-4,8-9H,1-2,5-7H2,(H,18,19). The average molecular weight is 293 g/mol. The first-order valence-electron chi connectivity index (χ1n) is 6.47. The highest BCUT2D eigenvalue weighted by atomic mass is 32.2. The van der Waals surface area contributed by atoms with Gasteiger partial charge < -0.3 is 14.2 Å². The van der Waals surface area contributed by atoms with Gasteiger partial charge in [0.05, 0.1) is 12.1 Å². The zero-order valence-electron chi connectivity index (χ0n) is 10.8. The van der Waals surface area contributed by atoms with E-state index >= 15 is 0 Å². The van der Waals surface area contributed by atoms with Crippen LogP contribution < -0.4 is 0 Å². The van der Waals surface area contributed by atoms with Crippen molar-refractivity contribution in [1.29, 1.82) is 0 Å². The number of carbonyl (C=O) groups is 1. The largest absolute Gasteiger partial charge is 0.481 e. The number of rotatable bonds is 7. The van der Waals surface area contributed by atoms with Gasteiger partial charge in [-0.1, -0.05) is 11.8 Å². The molecule has 3 rings (SSSR count). The summed E-state index contributed by atoms with van der Waals surface area (Å²) in [5.74, 6) is 0.642. The Kier molecular flexibility index (Phi) is 3.72. The van der Waals surface area contributed by atoms with E-state index in [1.54, 1.807) is 12.5 Å². The molecule has 1 aliphatic carbocycles. The lowest BCUT2D eigenvalue weighted by Gasteiger charge is -2.09. The maximum atomic E-state index is 10.7. The third kappa shape index (κ3) is 3.01. The molecule has 106 valence electrons. The molecule has 1 N–H and O–H groups in total. The van der Waals surface area contributed by atoms with Crippen molar-refractivity contribution >= 4 is 17.7 Å². The first-order valence-corrected chi connectivity index (χ1v) is 7.46. The fourth-order valence-corrected chi connectivity index (χ4v) is 2.71. The van der Waals surface area contributed by atoms with E-state index in [1.807, 2.05) is 15.3 Å². The van der Waals surface area contributed by atoms with E-state index in [0.717, 1.165) is 31.8 Å². The molecule has 0 atom stereocenters. The molecule has 20 heavy (non-hydrogen) atoms. The van der Waals surface area contributed by atoms with Gasteiger partial charge in [0.25, 0.3) is 0 Å². The van der Waals surface area contributed by atoms with Crippen molar-refractivity contribution in [1.82, 2.24) is 24.3 Å². The number of aryl methyl sites for hydroxylation is 1. The van der Waals surface area contributed by atoms with Crippen molar-refractivity contribution in [2.75, 3.05) is 5.75 Å². The van der Waals surface area contributed by atoms with E-state index in [1.165, 1.54) is 11.8 Å². The number of aromatic nitrogens is 5. The van der Waals surface area contributed by atoms with E-state index < -0.39 is 5.97 Å². The van der Waals surface area contributed by atoms with Gasteiger partial charge in [-0.2, -0.15) is 0 Å². The first-order chi connectivity index (χ1) is 9.74. The van der Waals surface area contributed by atoms with E-state index in [9.17, 15) is 4.79 Å². The molecule has 7 nitrogen and oxygen atoms in total. The minimum Gasteiger partial charge on any atom is -0.481 e. The molecule has 0 aromatic carbocycles. The highest BCUT2D eigenvalue weighted by Gasteiger charge is 2.30. The van der Waals surface area contributed by atoms with Gasteiger partial charge in [0, 0.05) is 31.4 Å². The normalized spacial score (nSPS) is 14.6. The van der Waals surface area contributed by atoms with Crippen LogP contribution in [0.25, 0.3) is 0 Å². The van der Waals surface area contributed by atoms with Crippen LogP contribution >= 0.6 is 11.8 Å². The minimum absolute atomic E-state index is 0.00781. The van der Waals surface area contributed by atoms with Crippen LogP contribution in [0.3, 0.4) is 0 Å². The Labute approximate surface area is 120 Å². The van der Waals surface area contributed by atoms with Crippen molar-refractivity contribution in [3.8, 4) is 0 Å². The topological polar surface area (TPSA) is 85.8 Å². The lowest BCUT2D eigenvalue weighted by Crippen LogP contribution is -2.11. The summed E-state index contributed by atoms with van der Waals surface area (Å²) >= 11 is 1.22. The Bertz CT molecular complexity index is 591. The summed E-state index contributed by atoms with van der Waals surface area (Å²) in [6.45, 7) is 1.51. The number of carboxylic acid groups (broad SMARTS) is 1. The molecule has 0 amide bonds. The van der Waals surface area contributed by atoms with Gasteiger partial charge in [0.1, 0.15) is 5.82 Å². The summed E-state index contributed by atoms with van der Waals surface area (Å²) in [6.07, 6.45) is 7.71. The van der Waals surface area contributed by atoms with Crippen LogP contribution in [0.2, 0.25) is 0 Å². The molecule has 8 heteroatoms. The summed E-state index contributed by atoms with van der Waals surface area (Å²) in [7, 11) is 0. The zero-order valence-corrected chi connectivity index (χ0v) is 11.7. The lowest BCUT2D eigenvalue weighted by molar-refractivity contribution is -0.133. The molecule has 0 saturated heterocycles. The summed E-state index contributed by atoms with van der Waals surface area (Å²) in [4.78, 5) is 14.7. The Balaban J connectivity index is 1.74. The van der Waals surface area contributed by atoms with Crippen molar-refractivity contribution in [2.24, 2.45) is 0 Å². The number of carboxylic acids is 1. The van der Waals surface area contributed by atoms with Gasteiger partial charge in [0.15, 0.2) is 5.16 Å². The summed E-state index contributed by atoms with van der Waals surface area (Å²) in [6, 6.07) is 0. The third-order valence-electron chi connectivity index (χ3n) is 3.15. The predicted octanol–water partition coefficient (Wildman–Crippen LogP) is 1.23. The molecule has 0 radical (unpaired) electrons. The number of nitrogens with zero attached hydrogens (tertiary/aromatic N) is 5. The summed E-state index contributed by atoms with van der Waals surface area (Å²) in [5.41, 5.74) is 0. The van der Waals surface area contributed by atoms with Gasteiger partial charge in [-0.3, -0.25) is 4.79 Å². The van der Waals surface area contributed by atoms with Gasteiger partial charge in [-0.05, 0) is 12.8 Å². The summed E-state index contributed by atoms with van der Waals surface area (Å²) in [5, 5.41) is 17.8. The van der Waals surface area contributed by atoms with Crippen LogP contribution in [-0.2, 0) is 17.9 Å². The van der Waals surface area contributed by atoms with Gasteiger partial charge in [-0.25, -0.2) is 4.98 Å². The third-order valence-corrected chi connectivity index (χ3v) is 4.11. The molecule has 1 saturated carbocycles. The van der Waals surface area contributed by atoms with E-state index in [0.29, 0.717) is 11.1 Å². The SMILES string of the molecule is O=C(O)CSc1nnc(C2CC2)n1CCn1ccnc1. The Morgan fingerprint density at radius 1 is 1.40 bits per heavy atom. The van der Waals surface area contributed by atoms with Crippen molar-refractivity contribution < 1.29 is 9.90 Å². The maximum absolute atomic E-state index is 10.7. The van der Waals surface area contributed by atoms with Gasteiger partial charge in [-0.15, -0.1) is 10.2 Å². The highest BCUT2D eigenvalue weighted by molar-refractivity contribution is 7.99. The molecule has 1 fully saturated rings. The second-order valence-corrected chi connectivity index (χ2v) is 5.69. The second kappa shape index (κ2) is 5.66. The predicted molar refractivity (Wildman–Crippen MR) is 72.6 cm³/mol. The van der Waals surface area contributed by atoms with Gasteiger partial charge >= 0.3 is 5.97 Å². The number of thioether (sulfide) groups is 1. The molecule has 2 heterocycles. The Morgan fingerprint density at radius 2 is 2.25 bits per heavy atom. The van der Waals surface area contributed by atoms with Crippen molar-refractivity contribution in [3.05, 3.63) is 24.5 Å². The molecule has 2 aromatic heterocycles. The Morgan fingerprint density at radius 3 is 2.90 bits per heavy atom. The second-order valence-electron chi connectivity index (χ2n) is 4.75. The fourth-order valence-electron chi connectivity index (χ4n) is 2.02. The van der Waals surface area contributed by atoms with E-state index in [-0.39, 0.29) is 5.75 Å². The first kappa shape index (κ1) is 13.2. The molecular formula is C12H15N5O2S. The molecular weight excluding hydrogens is 278 g/mol. The zero-order chi connectivity index (χ0) is 13.9. The quantitative estimate of drug-likeness (QED) is 0.773. The minimum atomic E-state index is -0.841. The fraction of sp³-hybridized carbons (Fsp3) is 0.500. The number of aliphatic carboxylic acids is 1. The monoisotopic (exact) mass is 293 g/mol. The molecule has 2 aromatic rings. The maximum Gasteiger partial charge on any atom is 0.313 e. The molecule has 1 aliphatic rings. The van der Waals surface area contributed by atoms with Crippen LogP contribution in [-0.4, -0.2) is 41.1 Å². The summed E-state index contributed by atoms with van der Waals surface area (Å²) < 4.78 is 4.04. The average Bonchev–Trinajstić information content (AvgIpc) is 2.99. The van der Waals surface area contributed by atoms with Crippen molar-refractivity contribution in [3.63, 3.8) is 0 Å². The van der Waals surface area contributed by atoms with Crippen LogP contribution in [0.15, 0.2) is 23.9 Å².